The zero-order valence-corrected chi connectivity index (χ0v) is 72.2. The van der Waals surface area contributed by atoms with Crippen molar-refractivity contribution in [2.45, 2.75) is 341 Å². The number of rotatable bonds is 19. The first-order chi connectivity index (χ1) is 52.5. The van der Waals surface area contributed by atoms with Crippen LogP contribution in [0.5, 0.6) is 0 Å². The van der Waals surface area contributed by atoms with Crippen molar-refractivity contribution >= 4 is 88.0 Å². The van der Waals surface area contributed by atoms with Gasteiger partial charge in [0, 0.05) is 109 Å². The van der Waals surface area contributed by atoms with Gasteiger partial charge < -0.3 is 24.0 Å². The van der Waals surface area contributed by atoms with Crippen molar-refractivity contribution in [1.29, 1.82) is 0 Å². The molecule has 23 nitrogen and oxygen atoms in total. The van der Waals surface area contributed by atoms with Crippen LogP contribution in [0.1, 0.15) is 305 Å². The quantitative estimate of drug-likeness (QED) is 0.0381. The van der Waals surface area contributed by atoms with E-state index in [2.05, 4.69) is 32.7 Å². The van der Waals surface area contributed by atoms with E-state index >= 15 is 0 Å². The number of hydrogen-bond acceptors (Lipinski definition) is 19. The van der Waals surface area contributed by atoms with Crippen molar-refractivity contribution < 1.29 is 86.1 Å². The summed E-state index contributed by atoms with van der Waals surface area (Å²) in [5.74, 6) is -6.08. The van der Waals surface area contributed by atoms with Crippen molar-refractivity contribution in [1.82, 2.24) is 19.6 Å². The molecule has 4 aliphatic carbocycles. The third-order valence-electron chi connectivity index (χ3n) is 26.7. The van der Waals surface area contributed by atoms with Gasteiger partial charge in [-0.3, -0.25) is 76.9 Å². The van der Waals surface area contributed by atoms with Crippen LogP contribution in [-0.4, -0.2) is 183 Å². The van der Waals surface area contributed by atoms with Gasteiger partial charge >= 0.3 is 5.97 Å². The van der Waals surface area contributed by atoms with E-state index in [0.29, 0.717) is 64.3 Å². The molecule has 0 aromatic heterocycles. The van der Waals surface area contributed by atoms with Gasteiger partial charge in [0.1, 0.15) is 11.4 Å². The Balaban J connectivity index is 0.000000235. The minimum Gasteiger partial charge on any atom is -0.460 e. The molecule has 632 valence electrons. The van der Waals surface area contributed by atoms with Crippen LogP contribution in [-0.2, 0) is 86.1 Å². The maximum Gasteiger partial charge on any atom is 0.307 e. The minimum atomic E-state index is -0.816. The molecule has 0 spiro atoms. The number of isocyanates is 1. The van der Waals surface area contributed by atoms with Crippen LogP contribution in [0, 0.1) is 97.6 Å². The molecule has 0 aromatic carbocycles. The lowest BCUT2D eigenvalue weighted by atomic mass is 9.75. The zero-order valence-electron chi connectivity index (χ0n) is 72.2. The second kappa shape index (κ2) is 37.5. The van der Waals surface area contributed by atoms with E-state index in [-0.39, 0.29) is 186 Å². The topological polar surface area (TPSA) is 309 Å². The van der Waals surface area contributed by atoms with E-state index < -0.39 is 88.0 Å². The van der Waals surface area contributed by atoms with Crippen LogP contribution in [0.15, 0.2) is 4.99 Å². The van der Waals surface area contributed by atoms with E-state index in [1.165, 1.54) is 15.9 Å². The molecular weight excluding hydrogens is 1440 g/mol. The van der Waals surface area contributed by atoms with Gasteiger partial charge in [0.25, 0.3) is 0 Å². The molecule has 10 rings (SSSR count). The van der Waals surface area contributed by atoms with Gasteiger partial charge in [0.15, 0.2) is 23.1 Å². The fourth-order valence-corrected chi connectivity index (χ4v) is 18.7. The van der Waals surface area contributed by atoms with Crippen molar-refractivity contribution in [2.24, 2.45) is 103 Å². The molecule has 4 saturated carbocycles. The van der Waals surface area contributed by atoms with Gasteiger partial charge in [-0.1, -0.05) is 148 Å². The number of esters is 1. The maximum absolute atomic E-state index is 14.7. The number of aliphatic imine (C=N–C) groups is 1. The highest BCUT2D eigenvalue weighted by atomic mass is 16.6. The fraction of sp³-hybridized carbons (Fsp3) is 0.833. The number of ketones is 7. The highest BCUT2D eigenvalue weighted by Gasteiger charge is 2.71. The molecule has 6 saturated heterocycles. The second-order valence-electron chi connectivity index (χ2n) is 41.6. The molecule has 0 unspecified atom stereocenters. The van der Waals surface area contributed by atoms with Crippen LogP contribution in [0.25, 0.3) is 0 Å². The summed E-state index contributed by atoms with van der Waals surface area (Å²) in [5.41, 5.74) is -2.27. The average Bonchev–Trinajstić information content (AvgIpc) is 1.53. The monoisotopic (exact) mass is 1580 g/mol. The number of fused-ring (bicyclic) bond motifs is 6. The van der Waals surface area contributed by atoms with E-state index in [4.69, 9.17) is 14.2 Å². The Morgan fingerprint density at radius 1 is 0.496 bits per heavy atom. The summed E-state index contributed by atoms with van der Waals surface area (Å²) < 4.78 is 17.9. The number of piperidine rings is 4. The number of hydrogen-bond donors (Lipinski definition) is 0. The fourth-order valence-electron chi connectivity index (χ4n) is 18.7. The summed E-state index contributed by atoms with van der Waals surface area (Å²) >= 11 is 0. The molecule has 6 amide bonds. The predicted octanol–water partition coefficient (Wildman–Crippen LogP) is 13.5. The lowest BCUT2D eigenvalue weighted by molar-refractivity contribution is -0.162. The Morgan fingerprint density at radius 3 is 1.23 bits per heavy atom. The van der Waals surface area contributed by atoms with Gasteiger partial charge in [-0.25, -0.2) is 9.79 Å². The van der Waals surface area contributed by atoms with Gasteiger partial charge in [-0.05, 0) is 160 Å². The average molecular weight is 1580 g/mol. The van der Waals surface area contributed by atoms with E-state index in [0.717, 1.165) is 89.9 Å². The van der Waals surface area contributed by atoms with Crippen molar-refractivity contribution in [3.63, 3.8) is 0 Å². The number of carbonyl (C=O) groups excluding carboxylic acids is 15. The predicted molar refractivity (Wildman–Crippen MR) is 425 cm³/mol. The van der Waals surface area contributed by atoms with Crippen molar-refractivity contribution in [2.75, 3.05) is 39.4 Å². The lowest BCUT2D eigenvalue weighted by Gasteiger charge is -2.39. The molecular formula is C90H139N5O18. The van der Waals surface area contributed by atoms with E-state index in [9.17, 15) is 71.9 Å². The molecule has 0 N–H and O–H groups in total. The largest absolute Gasteiger partial charge is 0.460 e. The Hall–Kier alpha value is -6.32. The second-order valence-corrected chi connectivity index (χ2v) is 41.6. The smallest absolute Gasteiger partial charge is 0.307 e. The summed E-state index contributed by atoms with van der Waals surface area (Å²) in [5, 5.41) is 0. The van der Waals surface area contributed by atoms with Crippen molar-refractivity contribution in [3.8, 4) is 0 Å². The van der Waals surface area contributed by atoms with Gasteiger partial charge in [-0.2, -0.15) is 0 Å². The van der Waals surface area contributed by atoms with Crippen LogP contribution in [0.4, 0.5) is 0 Å². The lowest BCUT2D eigenvalue weighted by Crippen LogP contribution is -2.51. The Morgan fingerprint density at radius 2 is 0.867 bits per heavy atom. The summed E-state index contributed by atoms with van der Waals surface area (Å²) in [4.78, 5) is 207. The van der Waals surface area contributed by atoms with E-state index in [1.54, 1.807) is 30.6 Å². The number of ether oxygens (including phenoxy) is 3. The van der Waals surface area contributed by atoms with Crippen LogP contribution in [0.3, 0.4) is 0 Å². The Kier molecular flexibility index (Phi) is 30.6. The van der Waals surface area contributed by atoms with Gasteiger partial charge in [0.05, 0.1) is 55.1 Å². The first kappa shape index (κ1) is 92.2. The number of amides is 6. The highest BCUT2D eigenvalue weighted by Crippen LogP contribution is 2.66. The summed E-state index contributed by atoms with van der Waals surface area (Å²) in [7, 11) is 0. The molecule has 0 bridgehead atoms. The number of carbonyl (C=O) groups is 14. The standard InChI is InChI=1S/C43H66N2O8.C33H51NO7.C14H22N2O3/c1-26-31(21-30(46)20-29(41(2,3)4)24-44-35(49)22-42(5,6)23-36(44)50)40(52)45-25-32-37(43(32,7)8)38(45)33(47)19-28(14-12-10-9-11-13-17-53-26)39(51)34(48)18-27-15-16-27;1-20-23(18-27(37)41-32(2,3)4)31(39)34-19-24-28(33(24,5)6)29(34)25(35)17-22(12-10-8-7-9-11-15-40-20)30(38)26(36)16-21-13-14-21;1-13(2,3)10(15-9-17)8-16-11(18)6-14(4,5)7-12(16)19/h26-29,31-32,37-38H,9-25H2,1-8H3;20-24,28-29H,7-19H2,1-6H3;10H,6-8H2,1-5H3/t26-,28+,29+,31-,32-,37-,38+;20-,22+,23-,24-,28-,29+;10-/m001/s1. The first-order valence-corrected chi connectivity index (χ1v) is 43.0. The summed E-state index contributed by atoms with van der Waals surface area (Å²) in [6, 6.07) is -1.78. The third kappa shape index (κ3) is 24.9. The number of likely N-dealkylation sites (tertiary alicyclic amines) is 2. The van der Waals surface area contributed by atoms with Crippen LogP contribution in [0.2, 0.25) is 0 Å². The Labute approximate surface area is 673 Å². The SMILES string of the molecule is CC1(C)CC(=O)N(C[C@@H](N=C=O)C(C)(C)C)C(=O)C1.C[C@@H]1OCCCCCCC[C@@H](C(=O)C(=O)CC2CC2)CC(=O)[C@@H]2[C@@H]3[C@H](CN2C(=O)[C@H]1CC(=O)C[C@H](CN1C(=O)CC(C)(C)CC1=O)C(C)(C)C)C3(C)C.C[C@@H]1OCCCCCCC[C@@H](C(=O)C(=O)CC2CC2)CC(=O)[C@@H]2[C@@H]3[C@H](CN2C(=O)[C@H]1CC(=O)OC(C)(C)C)C3(C)C. The Bertz CT molecular complexity index is 3550. The molecule has 10 aliphatic rings. The number of nitrogens with zero attached hydrogens (tertiary/aromatic N) is 5. The minimum absolute atomic E-state index is 0.00816. The van der Waals surface area contributed by atoms with E-state index in [1.807, 2.05) is 83.1 Å². The third-order valence-corrected chi connectivity index (χ3v) is 26.7. The molecule has 113 heavy (non-hydrogen) atoms. The maximum atomic E-state index is 14.7. The van der Waals surface area contributed by atoms with Gasteiger partial charge in [0.2, 0.25) is 53.1 Å². The molecule has 0 radical (unpaired) electrons. The number of imide groups is 2. The zero-order chi connectivity index (χ0) is 84.0. The summed E-state index contributed by atoms with van der Waals surface area (Å²) in [6.07, 6.45) is 15.8. The highest BCUT2D eigenvalue weighted by molar-refractivity contribution is 6.39. The first-order valence-electron chi connectivity index (χ1n) is 43.0. The van der Waals surface area contributed by atoms with Crippen molar-refractivity contribution in [3.05, 3.63) is 0 Å². The molecule has 23 heteroatoms. The van der Waals surface area contributed by atoms with Crippen LogP contribution < -0.4 is 0 Å². The molecule has 10 fully saturated rings. The summed E-state index contributed by atoms with van der Waals surface area (Å²) in [6.45, 7) is 39.0. The molecule has 14 atom stereocenters. The molecule has 6 aliphatic heterocycles. The van der Waals surface area contributed by atoms with Crippen LogP contribution >= 0.6 is 0 Å². The molecule has 6 heterocycles. The molecule has 0 aromatic rings. The number of Topliss-reactive ketones (excluding diaryl/α,β-unsaturated/α-hetero) is 7. The normalized spacial score (nSPS) is 30.5. The van der Waals surface area contributed by atoms with Gasteiger partial charge in [-0.15, -0.1) is 0 Å².